The molecule has 0 aliphatic heterocycles. The van der Waals surface area contributed by atoms with Crippen LogP contribution in [0.2, 0.25) is 0 Å². The zero-order valence-corrected chi connectivity index (χ0v) is 23.9. The molecule has 0 aliphatic rings. The first-order valence-electron chi connectivity index (χ1n) is 8.38. The molecule has 5 rings (SSSR count). The maximum absolute atomic E-state index is 3.87. The molecule has 0 N–H and O–H groups in total. The van der Waals surface area contributed by atoms with E-state index in [0.29, 0.717) is 29.0 Å². The van der Waals surface area contributed by atoms with Crippen molar-refractivity contribution in [3.8, 4) is 20.0 Å². The molecule has 2 heterocycles. The Morgan fingerprint density at radius 2 is 0.929 bits per heavy atom. The summed E-state index contributed by atoms with van der Waals surface area (Å²) in [4.78, 5) is 0. The van der Waals surface area contributed by atoms with E-state index in [0.717, 1.165) is 8.95 Å². The number of hydrogen-bond acceptors (Lipinski definition) is 0. The van der Waals surface area contributed by atoms with Crippen LogP contribution in [0.1, 0.15) is 0 Å². The Morgan fingerprint density at radius 1 is 0.536 bits per heavy atom. The quantitative estimate of drug-likeness (QED) is 0.159. The summed E-state index contributed by atoms with van der Waals surface area (Å²) in [5, 5.41) is 2.65. The molecule has 6 heteroatoms. The van der Waals surface area contributed by atoms with E-state index in [1.165, 1.54) is 48.2 Å². The summed E-state index contributed by atoms with van der Waals surface area (Å²) in [7, 11) is 0. The maximum atomic E-state index is 3.87. The van der Waals surface area contributed by atoms with Gasteiger partial charge in [-0.05, 0) is 0 Å². The van der Waals surface area contributed by atoms with Crippen LogP contribution in [-0.4, -0.2) is 29.0 Å². The SMILES string of the molecule is Brc1cc(-c2[se]c3ccccc3c2Br)c(Br)cc1-c1[se]c2ccccc2c1Br. The van der Waals surface area contributed by atoms with E-state index in [-0.39, 0.29) is 0 Å². The van der Waals surface area contributed by atoms with Gasteiger partial charge in [0.1, 0.15) is 0 Å². The number of rotatable bonds is 2. The summed E-state index contributed by atoms with van der Waals surface area (Å²) in [6.45, 7) is 0. The fraction of sp³-hybridized carbons (Fsp3) is 0. The number of benzene rings is 3. The van der Waals surface area contributed by atoms with Gasteiger partial charge in [0, 0.05) is 0 Å². The van der Waals surface area contributed by atoms with Crippen LogP contribution in [-0.2, 0) is 0 Å². The molecule has 0 radical (unpaired) electrons. The second kappa shape index (κ2) is 7.98. The molecule has 5 aromatic rings. The Hall–Kier alpha value is 0.0990. The third-order valence-electron chi connectivity index (χ3n) is 4.62. The van der Waals surface area contributed by atoms with E-state index in [1.54, 1.807) is 0 Å². The van der Waals surface area contributed by atoms with Crippen LogP contribution in [0.25, 0.3) is 39.3 Å². The molecule has 28 heavy (non-hydrogen) atoms. The molecule has 2 aromatic heterocycles. The van der Waals surface area contributed by atoms with E-state index < -0.39 is 0 Å². The predicted molar refractivity (Wildman–Crippen MR) is 137 cm³/mol. The summed E-state index contributed by atoms with van der Waals surface area (Å²) in [5.41, 5.74) is 2.52. The van der Waals surface area contributed by atoms with E-state index in [9.17, 15) is 0 Å². The van der Waals surface area contributed by atoms with E-state index in [4.69, 9.17) is 0 Å². The van der Waals surface area contributed by atoms with Gasteiger partial charge in [0.2, 0.25) is 0 Å². The Bertz CT molecular complexity index is 1260. The molecule has 0 amide bonds. The number of fused-ring (bicyclic) bond motifs is 2. The van der Waals surface area contributed by atoms with E-state index in [2.05, 4.69) is 124 Å². The molecule has 0 spiro atoms. The van der Waals surface area contributed by atoms with Gasteiger partial charge in [-0.1, -0.05) is 0 Å². The summed E-state index contributed by atoms with van der Waals surface area (Å²) < 4.78 is 10.4. The van der Waals surface area contributed by atoms with Crippen molar-refractivity contribution in [1.82, 2.24) is 0 Å². The van der Waals surface area contributed by atoms with Crippen molar-refractivity contribution in [1.29, 1.82) is 0 Å². The van der Waals surface area contributed by atoms with Crippen molar-refractivity contribution in [3.05, 3.63) is 78.6 Å². The van der Waals surface area contributed by atoms with Crippen molar-refractivity contribution in [2.24, 2.45) is 0 Å². The molecular formula is C22H10Br4Se2. The monoisotopic (exact) mass is 750 g/mol. The first-order chi connectivity index (χ1) is 13.5. The minimum atomic E-state index is 0.298. The van der Waals surface area contributed by atoms with Crippen LogP contribution in [0.5, 0.6) is 0 Å². The van der Waals surface area contributed by atoms with Gasteiger partial charge in [0.15, 0.2) is 0 Å². The number of hydrogen-bond donors (Lipinski definition) is 0. The Labute approximate surface area is 208 Å². The van der Waals surface area contributed by atoms with Gasteiger partial charge in [-0.15, -0.1) is 0 Å². The molecule has 0 atom stereocenters. The summed E-state index contributed by atoms with van der Waals surface area (Å²) >= 11 is 16.1. The topological polar surface area (TPSA) is 0 Å². The van der Waals surface area contributed by atoms with Crippen LogP contribution >= 0.6 is 63.7 Å². The standard InChI is InChI=1S/C22H10Br4Se2/c23-15-10-14(22-20(26)12-6-2-4-8-18(12)28-22)16(24)9-13(15)21-19(25)11-5-1-3-7-17(11)27-21/h1-10H. The van der Waals surface area contributed by atoms with Crippen molar-refractivity contribution in [3.63, 3.8) is 0 Å². The van der Waals surface area contributed by atoms with Crippen LogP contribution < -0.4 is 0 Å². The van der Waals surface area contributed by atoms with E-state index in [1.807, 2.05) is 0 Å². The molecule has 138 valence electrons. The Morgan fingerprint density at radius 3 is 1.32 bits per heavy atom. The van der Waals surface area contributed by atoms with Crippen molar-refractivity contribution < 1.29 is 0 Å². The van der Waals surface area contributed by atoms with Gasteiger partial charge < -0.3 is 0 Å². The van der Waals surface area contributed by atoms with Gasteiger partial charge in [-0.25, -0.2) is 0 Å². The van der Waals surface area contributed by atoms with Crippen LogP contribution in [0.3, 0.4) is 0 Å². The summed E-state index contributed by atoms with van der Waals surface area (Å²) in [6, 6.07) is 21.9. The zero-order chi connectivity index (χ0) is 19.4. The molecule has 0 fully saturated rings. The fourth-order valence-electron chi connectivity index (χ4n) is 3.27. The Balaban J connectivity index is 1.70. The van der Waals surface area contributed by atoms with Gasteiger partial charge in [-0.2, -0.15) is 0 Å². The average Bonchev–Trinajstić information content (AvgIpc) is 3.21. The zero-order valence-electron chi connectivity index (χ0n) is 14.1. The first kappa shape index (κ1) is 20.0. The van der Waals surface area contributed by atoms with Crippen molar-refractivity contribution in [2.75, 3.05) is 0 Å². The molecule has 0 unspecified atom stereocenters. The molecular weight excluding hydrogens is 742 g/mol. The summed E-state index contributed by atoms with van der Waals surface area (Å²) in [5.74, 6) is 0. The molecule has 0 aliphatic carbocycles. The van der Waals surface area contributed by atoms with Crippen LogP contribution in [0.15, 0.2) is 78.6 Å². The third-order valence-corrected chi connectivity index (χ3v) is 13.8. The molecule has 0 nitrogen and oxygen atoms in total. The van der Waals surface area contributed by atoms with Crippen LogP contribution in [0.4, 0.5) is 0 Å². The number of halogens is 4. The second-order valence-corrected chi connectivity index (χ2v) is 14.0. The first-order valence-corrected chi connectivity index (χ1v) is 15.0. The predicted octanol–water partition coefficient (Wildman–Crippen LogP) is 8.49. The molecule has 0 saturated carbocycles. The fourth-order valence-corrected chi connectivity index (χ4v) is 12.2. The molecule has 3 aromatic carbocycles. The van der Waals surface area contributed by atoms with Crippen molar-refractivity contribution >= 4 is 112 Å². The summed E-state index contributed by atoms with van der Waals surface area (Å²) in [6.07, 6.45) is 0. The van der Waals surface area contributed by atoms with Crippen molar-refractivity contribution in [2.45, 2.75) is 0 Å². The van der Waals surface area contributed by atoms with E-state index >= 15 is 0 Å². The third kappa shape index (κ3) is 3.35. The normalized spacial score (nSPS) is 11.6. The van der Waals surface area contributed by atoms with Gasteiger partial charge in [0.05, 0.1) is 0 Å². The van der Waals surface area contributed by atoms with Gasteiger partial charge in [0.25, 0.3) is 0 Å². The molecule has 0 saturated heterocycles. The second-order valence-electron chi connectivity index (χ2n) is 6.29. The van der Waals surface area contributed by atoms with Gasteiger partial charge >= 0.3 is 211 Å². The van der Waals surface area contributed by atoms with Gasteiger partial charge in [-0.3, -0.25) is 0 Å². The minimum absolute atomic E-state index is 0.298. The Kier molecular flexibility index (Phi) is 5.71. The average molecular weight is 752 g/mol. The molecule has 0 bridgehead atoms. The van der Waals surface area contributed by atoms with Crippen LogP contribution in [0, 0.1) is 0 Å².